The zero-order chi connectivity index (χ0) is 15.2. The molecule has 0 unspecified atom stereocenters. The average Bonchev–Trinajstić information content (AvgIpc) is 2.38. The molecule has 1 amide bonds. The molecule has 1 atom stereocenters. The van der Waals surface area contributed by atoms with Crippen molar-refractivity contribution in [2.24, 2.45) is 0 Å². The Labute approximate surface area is 126 Å². The number of nitrogens with zero attached hydrogens (tertiary/aromatic N) is 1. The molecule has 1 aromatic rings. The maximum Gasteiger partial charge on any atom is 0.271 e. The number of carbonyl (C=O) groups is 1. The Hall–Kier alpha value is -1.01. The van der Waals surface area contributed by atoms with Crippen LogP contribution in [-0.4, -0.2) is 28.1 Å². The number of aliphatic hydroxyl groups is 1. The summed E-state index contributed by atoms with van der Waals surface area (Å²) in [4.78, 5) is 15.9. The van der Waals surface area contributed by atoms with Crippen LogP contribution in [-0.2, 0) is 0 Å². The lowest BCUT2D eigenvalue weighted by atomic mass is 9.95. The molecule has 1 rings (SSSR count). The van der Waals surface area contributed by atoms with Crippen molar-refractivity contribution in [3.8, 4) is 0 Å². The third kappa shape index (κ3) is 4.83. The van der Waals surface area contributed by atoms with Crippen molar-refractivity contribution in [1.29, 1.82) is 0 Å². The van der Waals surface area contributed by atoms with E-state index in [0.717, 1.165) is 25.5 Å². The molecule has 0 saturated carbocycles. The fourth-order valence-electron chi connectivity index (χ4n) is 1.86. The third-order valence-electron chi connectivity index (χ3n) is 3.12. The van der Waals surface area contributed by atoms with E-state index < -0.39 is 17.3 Å². The summed E-state index contributed by atoms with van der Waals surface area (Å²) in [5.41, 5.74) is -0.580. The van der Waals surface area contributed by atoms with Crippen molar-refractivity contribution >= 4 is 21.8 Å². The van der Waals surface area contributed by atoms with Gasteiger partial charge in [-0.1, -0.05) is 26.2 Å². The standard InChI is InChI=1S/C14H20BrFN2O2/c1-3-4-5-6-14(2,9-19)18-13(20)12-11(15)7-10(16)8-17-12/h7-8,19H,3-6,9H2,1-2H3,(H,18,20)/t14-/m1/s1. The summed E-state index contributed by atoms with van der Waals surface area (Å²) in [5.74, 6) is -0.939. The van der Waals surface area contributed by atoms with Gasteiger partial charge in [-0.3, -0.25) is 4.79 Å². The van der Waals surface area contributed by atoms with E-state index in [-0.39, 0.29) is 12.3 Å². The van der Waals surface area contributed by atoms with Gasteiger partial charge < -0.3 is 10.4 Å². The summed E-state index contributed by atoms with van der Waals surface area (Å²) in [5, 5.41) is 12.3. The predicted molar refractivity (Wildman–Crippen MR) is 79.0 cm³/mol. The highest BCUT2D eigenvalue weighted by atomic mass is 79.9. The summed E-state index contributed by atoms with van der Waals surface area (Å²) < 4.78 is 13.3. The van der Waals surface area contributed by atoms with Crippen molar-refractivity contribution in [2.45, 2.75) is 45.1 Å². The van der Waals surface area contributed by atoms with Crippen molar-refractivity contribution < 1.29 is 14.3 Å². The molecule has 112 valence electrons. The number of aliphatic hydroxyl groups excluding tert-OH is 1. The molecule has 0 fully saturated rings. The number of pyridine rings is 1. The van der Waals surface area contributed by atoms with Crippen molar-refractivity contribution in [3.63, 3.8) is 0 Å². The van der Waals surface area contributed by atoms with E-state index in [0.29, 0.717) is 10.9 Å². The number of unbranched alkanes of at least 4 members (excludes halogenated alkanes) is 2. The van der Waals surface area contributed by atoms with Crippen LogP contribution in [0, 0.1) is 5.82 Å². The minimum atomic E-state index is -0.693. The van der Waals surface area contributed by atoms with E-state index in [1.807, 2.05) is 0 Å². The zero-order valence-electron chi connectivity index (χ0n) is 11.7. The second kappa shape index (κ2) is 7.69. The molecule has 4 nitrogen and oxygen atoms in total. The Kier molecular flexibility index (Phi) is 6.55. The molecule has 0 aliphatic carbocycles. The van der Waals surface area contributed by atoms with Crippen LogP contribution in [0.4, 0.5) is 4.39 Å². The summed E-state index contributed by atoms with van der Waals surface area (Å²) in [7, 11) is 0. The zero-order valence-corrected chi connectivity index (χ0v) is 13.3. The molecule has 0 spiro atoms. The molecule has 0 aromatic carbocycles. The molecule has 1 heterocycles. The highest BCUT2D eigenvalue weighted by Gasteiger charge is 2.27. The second-order valence-corrected chi connectivity index (χ2v) is 5.97. The molecule has 0 bridgehead atoms. The third-order valence-corrected chi connectivity index (χ3v) is 3.72. The molecule has 6 heteroatoms. The van der Waals surface area contributed by atoms with E-state index in [9.17, 15) is 14.3 Å². The van der Waals surface area contributed by atoms with Gasteiger partial charge in [0.15, 0.2) is 0 Å². The number of hydrogen-bond donors (Lipinski definition) is 2. The first-order valence-corrected chi connectivity index (χ1v) is 7.45. The van der Waals surface area contributed by atoms with E-state index in [2.05, 4.69) is 33.2 Å². The van der Waals surface area contributed by atoms with Crippen LogP contribution in [0.15, 0.2) is 16.7 Å². The van der Waals surface area contributed by atoms with Gasteiger partial charge in [0, 0.05) is 0 Å². The monoisotopic (exact) mass is 346 g/mol. The first-order valence-electron chi connectivity index (χ1n) is 6.66. The first kappa shape index (κ1) is 17.0. The highest BCUT2D eigenvalue weighted by Crippen LogP contribution is 2.19. The molecule has 1 aromatic heterocycles. The number of amides is 1. The number of rotatable bonds is 7. The van der Waals surface area contributed by atoms with Gasteiger partial charge in [0.25, 0.3) is 5.91 Å². The van der Waals surface area contributed by atoms with Gasteiger partial charge in [-0.2, -0.15) is 0 Å². The van der Waals surface area contributed by atoms with Crippen molar-refractivity contribution in [1.82, 2.24) is 10.3 Å². The summed E-state index contributed by atoms with van der Waals surface area (Å²) >= 11 is 3.12. The fraction of sp³-hybridized carbons (Fsp3) is 0.571. The number of aromatic nitrogens is 1. The lowest BCUT2D eigenvalue weighted by molar-refractivity contribution is 0.0832. The number of hydrogen-bond acceptors (Lipinski definition) is 3. The SMILES string of the molecule is CCCCC[C@](C)(CO)NC(=O)c1ncc(F)cc1Br. The maximum atomic E-state index is 13.0. The van der Waals surface area contributed by atoms with Crippen LogP contribution >= 0.6 is 15.9 Å². The van der Waals surface area contributed by atoms with Crippen molar-refractivity contribution in [3.05, 3.63) is 28.2 Å². The normalized spacial score (nSPS) is 13.8. The Balaban J connectivity index is 2.75. The van der Waals surface area contributed by atoms with E-state index in [1.54, 1.807) is 6.92 Å². The number of carbonyl (C=O) groups excluding carboxylic acids is 1. The average molecular weight is 347 g/mol. The van der Waals surface area contributed by atoms with Gasteiger partial charge in [-0.15, -0.1) is 0 Å². The van der Waals surface area contributed by atoms with Gasteiger partial charge >= 0.3 is 0 Å². The molecule has 20 heavy (non-hydrogen) atoms. The Bertz CT molecular complexity index is 470. The first-order chi connectivity index (χ1) is 9.41. The predicted octanol–water partition coefficient (Wildman–Crippen LogP) is 3.04. The highest BCUT2D eigenvalue weighted by molar-refractivity contribution is 9.10. The Morgan fingerprint density at radius 3 is 2.80 bits per heavy atom. The van der Waals surface area contributed by atoms with Gasteiger partial charge in [0.1, 0.15) is 11.5 Å². The minimum Gasteiger partial charge on any atom is -0.394 e. The molecule has 0 aliphatic heterocycles. The molecule has 0 saturated heterocycles. The molecule has 2 N–H and O–H groups in total. The smallest absolute Gasteiger partial charge is 0.271 e. The van der Waals surface area contributed by atoms with Crippen LogP contribution in [0.3, 0.4) is 0 Å². The Morgan fingerprint density at radius 2 is 2.25 bits per heavy atom. The fourth-order valence-corrected chi connectivity index (χ4v) is 2.36. The number of halogens is 2. The summed E-state index contributed by atoms with van der Waals surface area (Å²) in [6, 6.07) is 1.19. The number of nitrogens with one attached hydrogen (secondary N) is 1. The minimum absolute atomic E-state index is 0.113. The molecule has 0 aliphatic rings. The van der Waals surface area contributed by atoms with E-state index in [1.165, 1.54) is 6.07 Å². The quantitative estimate of drug-likeness (QED) is 0.746. The Morgan fingerprint density at radius 1 is 1.55 bits per heavy atom. The van der Waals surface area contributed by atoms with Gasteiger partial charge in [0.05, 0.1) is 22.8 Å². The van der Waals surface area contributed by atoms with Crippen LogP contribution in [0.25, 0.3) is 0 Å². The summed E-state index contributed by atoms with van der Waals surface area (Å²) in [6.45, 7) is 3.73. The topological polar surface area (TPSA) is 62.2 Å². The van der Waals surface area contributed by atoms with Gasteiger partial charge in [-0.05, 0) is 35.3 Å². The van der Waals surface area contributed by atoms with Gasteiger partial charge in [-0.25, -0.2) is 9.37 Å². The van der Waals surface area contributed by atoms with Crippen LogP contribution in [0.2, 0.25) is 0 Å². The maximum absolute atomic E-state index is 13.0. The molecular formula is C14H20BrFN2O2. The van der Waals surface area contributed by atoms with Crippen LogP contribution in [0.5, 0.6) is 0 Å². The van der Waals surface area contributed by atoms with E-state index >= 15 is 0 Å². The summed E-state index contributed by atoms with van der Waals surface area (Å²) in [6.07, 6.45) is 4.71. The lowest BCUT2D eigenvalue weighted by Crippen LogP contribution is -2.49. The van der Waals surface area contributed by atoms with Crippen LogP contribution < -0.4 is 5.32 Å². The molecular weight excluding hydrogens is 327 g/mol. The lowest BCUT2D eigenvalue weighted by Gasteiger charge is -2.28. The van der Waals surface area contributed by atoms with Crippen LogP contribution in [0.1, 0.15) is 50.0 Å². The van der Waals surface area contributed by atoms with Gasteiger partial charge in [0.2, 0.25) is 0 Å². The van der Waals surface area contributed by atoms with E-state index in [4.69, 9.17) is 0 Å². The second-order valence-electron chi connectivity index (χ2n) is 5.11. The largest absolute Gasteiger partial charge is 0.394 e. The van der Waals surface area contributed by atoms with Crippen molar-refractivity contribution in [2.75, 3.05) is 6.61 Å². The molecule has 0 radical (unpaired) electrons.